The van der Waals surface area contributed by atoms with E-state index in [2.05, 4.69) is 14.3 Å². The molecule has 2 N–H and O–H groups in total. The highest BCUT2D eigenvalue weighted by molar-refractivity contribution is 8.00. The zero-order chi connectivity index (χ0) is 14.0. The van der Waals surface area contributed by atoms with Crippen LogP contribution in [0.15, 0.2) is 21.5 Å². The third-order valence-electron chi connectivity index (χ3n) is 2.11. The summed E-state index contributed by atoms with van der Waals surface area (Å²) in [6.45, 7) is 1.90. The lowest BCUT2D eigenvalue weighted by atomic mass is 10.2. The van der Waals surface area contributed by atoms with Crippen LogP contribution in [0.5, 0.6) is 0 Å². The summed E-state index contributed by atoms with van der Waals surface area (Å²) in [7, 11) is 0. The van der Waals surface area contributed by atoms with E-state index in [4.69, 9.17) is 5.73 Å². The van der Waals surface area contributed by atoms with Crippen molar-refractivity contribution in [2.45, 2.75) is 28.9 Å². The number of pyridine rings is 1. The fourth-order valence-electron chi connectivity index (χ4n) is 1.25. The van der Waals surface area contributed by atoms with E-state index in [1.807, 2.05) is 6.92 Å². The zero-order valence-electron chi connectivity index (χ0n) is 9.73. The highest BCUT2D eigenvalue weighted by atomic mass is 32.2. The summed E-state index contributed by atoms with van der Waals surface area (Å²) < 4.78 is 42.5. The van der Waals surface area contributed by atoms with E-state index in [0.29, 0.717) is 16.6 Å². The van der Waals surface area contributed by atoms with Crippen LogP contribution in [0.25, 0.3) is 0 Å². The first-order valence-corrected chi connectivity index (χ1v) is 6.82. The third kappa shape index (κ3) is 3.57. The van der Waals surface area contributed by atoms with Crippen LogP contribution in [-0.2, 0) is 12.6 Å². The molecule has 0 spiro atoms. The van der Waals surface area contributed by atoms with Crippen molar-refractivity contribution >= 4 is 29.1 Å². The lowest BCUT2D eigenvalue weighted by molar-refractivity contribution is -0.137. The Morgan fingerprint density at radius 1 is 1.32 bits per heavy atom. The summed E-state index contributed by atoms with van der Waals surface area (Å²) in [6.07, 6.45) is -3.77. The van der Waals surface area contributed by atoms with E-state index in [1.54, 1.807) is 0 Å². The molecule has 0 radical (unpaired) electrons. The first kappa shape index (κ1) is 14.1. The third-order valence-corrected chi connectivity index (χ3v) is 3.81. The van der Waals surface area contributed by atoms with Crippen LogP contribution in [-0.4, -0.2) is 14.3 Å². The summed E-state index contributed by atoms with van der Waals surface area (Å²) in [5.41, 5.74) is 4.57. The second-order valence-electron chi connectivity index (χ2n) is 3.55. The van der Waals surface area contributed by atoms with Crippen molar-refractivity contribution < 1.29 is 13.2 Å². The van der Waals surface area contributed by atoms with Gasteiger partial charge in [-0.2, -0.15) is 17.5 Å². The Labute approximate surface area is 115 Å². The van der Waals surface area contributed by atoms with Gasteiger partial charge in [-0.25, -0.2) is 9.97 Å². The fraction of sp³-hybridized carbons (Fsp3) is 0.300. The lowest BCUT2D eigenvalue weighted by Gasteiger charge is -2.08. The molecule has 0 aliphatic heterocycles. The Balaban J connectivity index is 2.27. The normalized spacial score (nSPS) is 11.8. The van der Waals surface area contributed by atoms with Gasteiger partial charge in [-0.1, -0.05) is 6.92 Å². The lowest BCUT2D eigenvalue weighted by Crippen LogP contribution is -2.07. The van der Waals surface area contributed by atoms with Crippen LogP contribution in [0.4, 0.5) is 19.0 Å². The van der Waals surface area contributed by atoms with Gasteiger partial charge in [0.05, 0.1) is 5.56 Å². The maximum absolute atomic E-state index is 12.6. The molecule has 0 aliphatic rings. The van der Waals surface area contributed by atoms with Gasteiger partial charge in [0.25, 0.3) is 0 Å². The molecule has 9 heteroatoms. The van der Waals surface area contributed by atoms with E-state index in [1.165, 1.54) is 0 Å². The van der Waals surface area contributed by atoms with Gasteiger partial charge < -0.3 is 5.73 Å². The van der Waals surface area contributed by atoms with E-state index in [0.717, 1.165) is 35.4 Å². The van der Waals surface area contributed by atoms with E-state index >= 15 is 0 Å². The summed E-state index contributed by atoms with van der Waals surface area (Å²) >= 11 is 2.15. The molecule has 0 aromatic carbocycles. The second-order valence-corrected chi connectivity index (χ2v) is 5.57. The SMILES string of the molecule is CCc1nsc(Sc2cc(C(F)(F)F)cc(N)n2)n1. The van der Waals surface area contributed by atoms with Gasteiger partial charge in [0.15, 0.2) is 4.34 Å². The van der Waals surface area contributed by atoms with Crippen LogP contribution in [0.1, 0.15) is 18.3 Å². The number of aryl methyl sites for hydroxylation is 1. The predicted octanol–water partition coefficient (Wildman–Crippen LogP) is 3.25. The quantitative estimate of drug-likeness (QED) is 0.943. The Morgan fingerprint density at radius 3 is 2.63 bits per heavy atom. The van der Waals surface area contributed by atoms with Gasteiger partial charge in [-0.3, -0.25) is 0 Å². The number of anilines is 1. The topological polar surface area (TPSA) is 64.7 Å². The number of halogens is 3. The van der Waals surface area contributed by atoms with Crippen molar-refractivity contribution in [1.29, 1.82) is 0 Å². The van der Waals surface area contributed by atoms with Gasteiger partial charge >= 0.3 is 6.18 Å². The van der Waals surface area contributed by atoms with Crippen molar-refractivity contribution in [3.63, 3.8) is 0 Å². The van der Waals surface area contributed by atoms with Crippen LogP contribution in [0.2, 0.25) is 0 Å². The first-order chi connectivity index (χ1) is 8.88. The summed E-state index contributed by atoms with van der Waals surface area (Å²) in [5, 5.41) is 0.158. The van der Waals surface area contributed by atoms with E-state index < -0.39 is 11.7 Å². The second kappa shape index (κ2) is 5.33. The minimum atomic E-state index is -4.44. The van der Waals surface area contributed by atoms with Crippen molar-refractivity contribution in [1.82, 2.24) is 14.3 Å². The monoisotopic (exact) mass is 306 g/mol. The van der Waals surface area contributed by atoms with Gasteiger partial charge in [0, 0.05) is 6.42 Å². The van der Waals surface area contributed by atoms with Gasteiger partial charge in [-0.15, -0.1) is 0 Å². The molecule has 2 aromatic heterocycles. The number of nitrogen functional groups attached to an aromatic ring is 1. The Bertz CT molecular complexity index is 582. The van der Waals surface area contributed by atoms with E-state index in [9.17, 15) is 13.2 Å². The first-order valence-electron chi connectivity index (χ1n) is 5.23. The number of nitrogens with zero attached hydrogens (tertiary/aromatic N) is 3. The molecule has 0 fully saturated rings. The Hall–Kier alpha value is -1.35. The standard InChI is InChI=1S/C10H9F3N4S2/c1-2-7-16-9(19-17-7)18-8-4-5(10(11,12)13)3-6(14)15-8/h3-4H,2H2,1H3,(H2,14,15). The molecule has 102 valence electrons. The molecule has 0 bridgehead atoms. The molecule has 0 saturated carbocycles. The maximum Gasteiger partial charge on any atom is 0.416 e. The molecule has 0 unspecified atom stereocenters. The zero-order valence-corrected chi connectivity index (χ0v) is 11.4. The number of aromatic nitrogens is 3. The van der Waals surface area contributed by atoms with Gasteiger partial charge in [0.2, 0.25) is 0 Å². The number of rotatable bonds is 3. The molecule has 0 aliphatic carbocycles. The molecule has 0 atom stereocenters. The Kier molecular flexibility index (Phi) is 3.95. The van der Waals surface area contributed by atoms with Gasteiger partial charge in [-0.05, 0) is 35.4 Å². The molecule has 0 amide bonds. The van der Waals surface area contributed by atoms with Crippen LogP contribution >= 0.6 is 23.3 Å². The average Bonchev–Trinajstić information content (AvgIpc) is 2.75. The highest BCUT2D eigenvalue weighted by Crippen LogP contribution is 2.35. The number of alkyl halides is 3. The number of hydrogen-bond donors (Lipinski definition) is 1. The molecular formula is C10H9F3N4S2. The molecular weight excluding hydrogens is 297 g/mol. The number of hydrogen-bond acceptors (Lipinski definition) is 6. The Morgan fingerprint density at radius 2 is 2.05 bits per heavy atom. The van der Waals surface area contributed by atoms with Crippen LogP contribution in [0, 0.1) is 0 Å². The van der Waals surface area contributed by atoms with Gasteiger partial charge in [0.1, 0.15) is 16.7 Å². The van der Waals surface area contributed by atoms with Crippen molar-refractivity contribution in [2.24, 2.45) is 0 Å². The minimum Gasteiger partial charge on any atom is -0.384 e. The minimum absolute atomic E-state index is 0.158. The summed E-state index contributed by atoms with van der Waals surface area (Å²) in [5.74, 6) is 0.491. The van der Waals surface area contributed by atoms with Crippen molar-refractivity contribution in [3.8, 4) is 0 Å². The molecule has 4 nitrogen and oxygen atoms in total. The van der Waals surface area contributed by atoms with Crippen LogP contribution < -0.4 is 5.73 Å². The summed E-state index contributed by atoms with van der Waals surface area (Å²) in [4.78, 5) is 8.01. The van der Waals surface area contributed by atoms with Crippen molar-refractivity contribution in [2.75, 3.05) is 5.73 Å². The molecule has 0 saturated heterocycles. The predicted molar refractivity (Wildman–Crippen MR) is 67.1 cm³/mol. The molecule has 19 heavy (non-hydrogen) atoms. The number of nitrogens with two attached hydrogens (primary N) is 1. The van der Waals surface area contributed by atoms with Crippen LogP contribution in [0.3, 0.4) is 0 Å². The van der Waals surface area contributed by atoms with Crippen molar-refractivity contribution in [3.05, 3.63) is 23.5 Å². The summed E-state index contributed by atoms with van der Waals surface area (Å²) in [6, 6.07) is 1.76. The highest BCUT2D eigenvalue weighted by Gasteiger charge is 2.31. The maximum atomic E-state index is 12.6. The molecule has 2 heterocycles. The largest absolute Gasteiger partial charge is 0.416 e. The smallest absolute Gasteiger partial charge is 0.384 e. The molecule has 2 aromatic rings. The molecule has 2 rings (SSSR count). The average molecular weight is 306 g/mol. The van der Waals surface area contributed by atoms with E-state index in [-0.39, 0.29) is 10.8 Å². The fourth-order valence-corrected chi connectivity index (χ4v) is 2.94.